The van der Waals surface area contributed by atoms with E-state index in [1.54, 1.807) is 0 Å². The first kappa shape index (κ1) is 38.3. The molecule has 12 rings (SSSR count). The third-order valence-electron chi connectivity index (χ3n) is 13.7. The lowest BCUT2D eigenvalue weighted by Crippen LogP contribution is -2.43. The van der Waals surface area contributed by atoms with E-state index in [1.807, 2.05) is 6.20 Å². The zero-order chi connectivity index (χ0) is 43.5. The van der Waals surface area contributed by atoms with Gasteiger partial charge in [0.2, 0.25) is 0 Å². The van der Waals surface area contributed by atoms with Crippen LogP contribution in [0.3, 0.4) is 0 Å². The Balaban J connectivity index is 1.08. The van der Waals surface area contributed by atoms with Crippen LogP contribution in [0.15, 0.2) is 225 Å². The number of rotatable bonds is 7. The molecule has 4 nitrogen and oxygen atoms in total. The first-order valence-corrected chi connectivity index (χ1v) is 22.4. The Morgan fingerprint density at radius 1 is 0.585 bits per heavy atom. The SMILES string of the molecule is CC12C=CC=C(c3ccccc3-c3ccccc3)C1c1ccccc1N2c1cc(C2=CCNC=C2)c(-n2c3ccccc3c3c(-c4ccccc4-c4ccccc4)cccc32)cc1C#N. The molecule has 0 amide bonds. The molecule has 0 spiro atoms. The van der Waals surface area contributed by atoms with Crippen LogP contribution in [0.25, 0.3) is 72.0 Å². The van der Waals surface area contributed by atoms with E-state index >= 15 is 0 Å². The largest absolute Gasteiger partial charge is 0.387 e. The minimum Gasteiger partial charge on any atom is -0.387 e. The number of hydrogen-bond donors (Lipinski definition) is 1. The van der Waals surface area contributed by atoms with Gasteiger partial charge in [0.05, 0.1) is 33.5 Å². The summed E-state index contributed by atoms with van der Waals surface area (Å²) in [4.78, 5) is 2.45. The molecule has 9 aromatic rings. The molecule has 0 fully saturated rings. The number of fused-ring (bicyclic) bond motifs is 6. The van der Waals surface area contributed by atoms with Crippen LogP contribution in [-0.4, -0.2) is 16.7 Å². The summed E-state index contributed by atoms with van der Waals surface area (Å²) in [5.74, 6) is -0.00394. The monoisotopic (exact) mass is 832 g/mol. The Morgan fingerprint density at radius 2 is 1.22 bits per heavy atom. The predicted molar refractivity (Wildman–Crippen MR) is 270 cm³/mol. The highest BCUT2D eigenvalue weighted by molar-refractivity contribution is 6.17. The Bertz CT molecular complexity index is 3530. The second-order valence-electron chi connectivity index (χ2n) is 17.3. The van der Waals surface area contributed by atoms with Gasteiger partial charge in [0.1, 0.15) is 6.07 Å². The summed E-state index contributed by atoms with van der Waals surface area (Å²) >= 11 is 0. The van der Waals surface area contributed by atoms with Crippen molar-refractivity contribution in [3.8, 4) is 45.1 Å². The molecular formula is C61H44N4. The first-order chi connectivity index (χ1) is 32.1. The van der Waals surface area contributed by atoms with Crippen molar-refractivity contribution in [1.82, 2.24) is 9.88 Å². The zero-order valence-electron chi connectivity index (χ0n) is 36.0. The Labute approximate surface area is 379 Å². The molecule has 4 heteroatoms. The number of benzene rings is 8. The molecule has 0 saturated heterocycles. The highest BCUT2D eigenvalue weighted by Crippen LogP contribution is 2.59. The second-order valence-corrected chi connectivity index (χ2v) is 17.3. The maximum absolute atomic E-state index is 11.4. The molecule has 0 radical (unpaired) electrons. The van der Waals surface area contributed by atoms with Gasteiger partial charge in [-0.1, -0.05) is 182 Å². The Kier molecular flexibility index (Phi) is 9.10. The number of para-hydroxylation sites is 2. The van der Waals surface area contributed by atoms with Gasteiger partial charge in [-0.15, -0.1) is 0 Å². The fourth-order valence-corrected chi connectivity index (χ4v) is 11.0. The second kappa shape index (κ2) is 15.4. The molecule has 0 bridgehead atoms. The van der Waals surface area contributed by atoms with Gasteiger partial charge >= 0.3 is 0 Å². The quantitative estimate of drug-likeness (QED) is 0.174. The maximum atomic E-state index is 11.4. The Morgan fingerprint density at radius 3 is 1.95 bits per heavy atom. The summed E-state index contributed by atoms with van der Waals surface area (Å²) in [5.41, 5.74) is 18.2. The average molecular weight is 833 g/mol. The normalized spacial score (nSPS) is 17.3. The summed E-state index contributed by atoms with van der Waals surface area (Å²) in [6, 6.07) is 70.2. The topological polar surface area (TPSA) is 44.0 Å². The van der Waals surface area contributed by atoms with Crippen LogP contribution in [0.2, 0.25) is 0 Å². The van der Waals surface area contributed by atoms with Crippen LogP contribution >= 0.6 is 0 Å². The minimum absolute atomic E-state index is 0.00394. The molecule has 3 heterocycles. The summed E-state index contributed by atoms with van der Waals surface area (Å²) in [6.07, 6.45) is 13.3. The van der Waals surface area contributed by atoms with E-state index in [2.05, 4.69) is 246 Å². The number of aromatic nitrogens is 1. The smallest absolute Gasteiger partial charge is 0.101 e. The van der Waals surface area contributed by atoms with Crippen LogP contribution in [0, 0.1) is 11.3 Å². The van der Waals surface area contributed by atoms with E-state index in [9.17, 15) is 5.26 Å². The van der Waals surface area contributed by atoms with Crippen molar-refractivity contribution in [1.29, 1.82) is 5.26 Å². The van der Waals surface area contributed by atoms with Crippen molar-refractivity contribution >= 4 is 44.3 Å². The fraction of sp³-hybridized carbons (Fsp3) is 0.0656. The van der Waals surface area contributed by atoms with Gasteiger partial charge < -0.3 is 14.8 Å². The van der Waals surface area contributed by atoms with Crippen molar-refractivity contribution in [2.75, 3.05) is 11.4 Å². The molecule has 1 aromatic heterocycles. The minimum atomic E-state index is -0.534. The highest BCUT2D eigenvalue weighted by atomic mass is 15.2. The van der Waals surface area contributed by atoms with Crippen molar-refractivity contribution in [3.63, 3.8) is 0 Å². The molecular weight excluding hydrogens is 789 g/mol. The predicted octanol–water partition coefficient (Wildman–Crippen LogP) is 14.8. The molecule has 1 aliphatic carbocycles. The van der Waals surface area contributed by atoms with E-state index in [-0.39, 0.29) is 5.92 Å². The third-order valence-corrected chi connectivity index (χ3v) is 13.7. The van der Waals surface area contributed by atoms with E-state index in [0.717, 1.165) is 44.6 Å². The molecule has 2 aliphatic heterocycles. The van der Waals surface area contributed by atoms with Crippen molar-refractivity contribution in [2.24, 2.45) is 0 Å². The van der Waals surface area contributed by atoms with E-state index in [1.165, 1.54) is 55.5 Å². The molecule has 2 unspecified atom stereocenters. The molecule has 1 N–H and O–H groups in total. The number of anilines is 2. The molecule has 3 aliphatic rings. The number of allylic oxidation sites excluding steroid dienone is 4. The fourth-order valence-electron chi connectivity index (χ4n) is 11.0. The molecule has 8 aromatic carbocycles. The molecule has 0 saturated carbocycles. The van der Waals surface area contributed by atoms with E-state index in [0.29, 0.717) is 12.1 Å². The molecule has 65 heavy (non-hydrogen) atoms. The number of dihydropyridines is 1. The zero-order valence-corrected chi connectivity index (χ0v) is 36.0. The summed E-state index contributed by atoms with van der Waals surface area (Å²) in [5, 5.41) is 17.2. The molecule has 2 atom stereocenters. The lowest BCUT2D eigenvalue weighted by molar-refractivity contribution is 0.552. The average Bonchev–Trinajstić information content (AvgIpc) is 3.86. The van der Waals surface area contributed by atoms with Crippen molar-refractivity contribution in [2.45, 2.75) is 18.4 Å². The standard InChI is InChI=1S/C61H44N4/c1-61-35-17-29-50(48-25-11-9-23-46(48)42-20-6-3-7-21-42)60(61)52-27-13-15-31-55(52)65(61)57-39-53(43-33-36-63-37-34-43)58(38-44(57)40-62)64-54-30-14-12-26-51(54)59-49(28-16-32-56(59)64)47-24-10-8-22-45(47)41-18-4-2-5-19-41/h2-36,38-39,60,63H,37H2,1H3. The highest BCUT2D eigenvalue weighted by Gasteiger charge is 2.51. The van der Waals surface area contributed by atoms with Gasteiger partial charge in [-0.25, -0.2) is 0 Å². The maximum Gasteiger partial charge on any atom is 0.101 e. The van der Waals surface area contributed by atoms with Crippen LogP contribution in [0.5, 0.6) is 0 Å². The van der Waals surface area contributed by atoms with Crippen LogP contribution in [0.1, 0.15) is 35.1 Å². The van der Waals surface area contributed by atoms with Crippen LogP contribution in [0.4, 0.5) is 11.4 Å². The van der Waals surface area contributed by atoms with Crippen LogP contribution < -0.4 is 10.2 Å². The summed E-state index contributed by atoms with van der Waals surface area (Å²) < 4.78 is 2.39. The van der Waals surface area contributed by atoms with Gasteiger partial charge in [-0.3, -0.25) is 0 Å². The number of nitriles is 1. The van der Waals surface area contributed by atoms with Gasteiger partial charge in [-0.2, -0.15) is 5.26 Å². The number of nitrogens with zero attached hydrogens (tertiary/aromatic N) is 3. The number of nitrogens with one attached hydrogen (secondary N) is 1. The third kappa shape index (κ3) is 6.04. The number of hydrogen-bond acceptors (Lipinski definition) is 3. The van der Waals surface area contributed by atoms with Crippen LogP contribution in [-0.2, 0) is 0 Å². The lowest BCUT2D eigenvalue weighted by Gasteiger charge is -2.42. The van der Waals surface area contributed by atoms with Crippen molar-refractivity contribution < 1.29 is 0 Å². The van der Waals surface area contributed by atoms with E-state index in [4.69, 9.17) is 0 Å². The Hall–Kier alpha value is -8.39. The first-order valence-electron chi connectivity index (χ1n) is 22.4. The van der Waals surface area contributed by atoms with Crippen molar-refractivity contribution in [3.05, 3.63) is 247 Å². The lowest BCUT2D eigenvalue weighted by atomic mass is 9.72. The van der Waals surface area contributed by atoms with E-state index < -0.39 is 5.54 Å². The van der Waals surface area contributed by atoms with Gasteiger partial charge in [0, 0.05) is 34.5 Å². The summed E-state index contributed by atoms with van der Waals surface area (Å²) in [7, 11) is 0. The molecule has 308 valence electrons. The van der Waals surface area contributed by atoms with Gasteiger partial charge in [0.15, 0.2) is 0 Å². The summed E-state index contributed by atoms with van der Waals surface area (Å²) in [6.45, 7) is 3.05. The van der Waals surface area contributed by atoms with Gasteiger partial charge in [0.25, 0.3) is 0 Å². The van der Waals surface area contributed by atoms with Gasteiger partial charge in [-0.05, 0) is 105 Å².